The number of methoxy groups -OCH3 is 2. The zero-order valence-electron chi connectivity index (χ0n) is 17.5. The molecule has 0 aliphatic rings. The molecule has 0 unspecified atom stereocenters. The van der Waals surface area contributed by atoms with Gasteiger partial charge in [-0.25, -0.2) is 4.99 Å². The quantitative estimate of drug-likeness (QED) is 0.446. The van der Waals surface area contributed by atoms with E-state index in [0.717, 1.165) is 23.2 Å². The molecule has 0 aliphatic heterocycles. The van der Waals surface area contributed by atoms with Crippen molar-refractivity contribution in [2.24, 2.45) is 16.6 Å². The molecule has 2 aromatic rings. The van der Waals surface area contributed by atoms with Crippen molar-refractivity contribution < 1.29 is 14.3 Å². The number of carbonyl (C=O) groups excluding carboxylic acids is 1. The first kappa shape index (κ1) is 22.1. The molecule has 0 fully saturated rings. The summed E-state index contributed by atoms with van der Waals surface area (Å²) in [6, 6.07) is 13.4. The molecule has 2 rings (SSSR count). The van der Waals surface area contributed by atoms with E-state index in [0.29, 0.717) is 30.5 Å². The van der Waals surface area contributed by atoms with Crippen molar-refractivity contribution >= 4 is 17.6 Å². The van der Waals surface area contributed by atoms with Crippen LogP contribution in [0.25, 0.3) is 0 Å². The van der Waals surface area contributed by atoms with Crippen LogP contribution >= 0.6 is 0 Å². The first-order chi connectivity index (χ1) is 13.9. The molecule has 1 amide bonds. The molecule has 0 heterocycles. The highest BCUT2D eigenvalue weighted by Crippen LogP contribution is 2.27. The molecule has 0 bridgehead atoms. The third kappa shape index (κ3) is 7.03. The van der Waals surface area contributed by atoms with Crippen LogP contribution in [0.5, 0.6) is 11.5 Å². The fourth-order valence-electron chi connectivity index (χ4n) is 2.58. The second-order valence-corrected chi connectivity index (χ2v) is 6.91. The van der Waals surface area contributed by atoms with Crippen LogP contribution in [0.1, 0.15) is 25.0 Å². The molecule has 2 aromatic carbocycles. The van der Waals surface area contributed by atoms with E-state index >= 15 is 0 Å². The second kappa shape index (κ2) is 10.9. The summed E-state index contributed by atoms with van der Waals surface area (Å²) >= 11 is 0. The standard InChI is InChI=1S/C22H30N4O3/c1-15(2)21(27)26-18-8-5-17(6-9-18)14-25-22(23)24-12-11-16-7-10-19(28-3)20(13-16)29-4/h5-10,13,15H,11-12,14H2,1-4H3,(H,26,27)(H3,23,24,25). The van der Waals surface area contributed by atoms with Gasteiger partial charge in [0.25, 0.3) is 0 Å². The number of nitrogens with two attached hydrogens (primary N) is 1. The van der Waals surface area contributed by atoms with Crippen molar-refractivity contribution in [2.75, 3.05) is 26.1 Å². The number of hydrogen-bond donors (Lipinski definition) is 3. The fourth-order valence-corrected chi connectivity index (χ4v) is 2.58. The number of hydrogen-bond acceptors (Lipinski definition) is 4. The molecule has 0 atom stereocenters. The Morgan fingerprint density at radius 2 is 1.69 bits per heavy atom. The van der Waals surface area contributed by atoms with Gasteiger partial charge in [-0.3, -0.25) is 4.79 Å². The summed E-state index contributed by atoms with van der Waals surface area (Å²) < 4.78 is 10.6. The fraction of sp³-hybridized carbons (Fsp3) is 0.364. The summed E-state index contributed by atoms with van der Waals surface area (Å²) in [6.07, 6.45) is 0.779. The number of amides is 1. The number of aliphatic imine (C=N–C) groups is 1. The van der Waals surface area contributed by atoms with E-state index in [1.165, 1.54) is 0 Å². The highest BCUT2D eigenvalue weighted by Gasteiger charge is 2.07. The molecule has 7 nitrogen and oxygen atoms in total. The summed E-state index contributed by atoms with van der Waals surface area (Å²) in [5, 5.41) is 5.98. The molecular formula is C22H30N4O3. The smallest absolute Gasteiger partial charge is 0.226 e. The van der Waals surface area contributed by atoms with E-state index in [9.17, 15) is 4.79 Å². The third-order valence-corrected chi connectivity index (χ3v) is 4.35. The Hall–Kier alpha value is -3.22. The van der Waals surface area contributed by atoms with Crippen LogP contribution in [-0.4, -0.2) is 32.6 Å². The normalized spacial score (nSPS) is 11.3. The van der Waals surface area contributed by atoms with Gasteiger partial charge in [0, 0.05) is 18.2 Å². The Bertz CT molecular complexity index is 832. The Morgan fingerprint density at radius 3 is 2.31 bits per heavy atom. The van der Waals surface area contributed by atoms with Crippen LogP contribution in [0.4, 0.5) is 5.69 Å². The van der Waals surface area contributed by atoms with Crippen LogP contribution in [0.3, 0.4) is 0 Å². The lowest BCUT2D eigenvalue weighted by molar-refractivity contribution is -0.118. The minimum atomic E-state index is -0.0517. The van der Waals surface area contributed by atoms with E-state index in [-0.39, 0.29) is 11.8 Å². The number of nitrogens with zero attached hydrogens (tertiary/aromatic N) is 1. The van der Waals surface area contributed by atoms with E-state index in [1.807, 2.05) is 56.3 Å². The van der Waals surface area contributed by atoms with Crippen molar-refractivity contribution in [2.45, 2.75) is 26.8 Å². The van der Waals surface area contributed by atoms with Gasteiger partial charge < -0.3 is 25.8 Å². The summed E-state index contributed by atoms with van der Waals surface area (Å²) in [7, 11) is 3.24. The van der Waals surface area contributed by atoms with Gasteiger partial charge in [0.1, 0.15) is 0 Å². The number of ether oxygens (including phenoxy) is 2. The van der Waals surface area contributed by atoms with Gasteiger partial charge in [0.2, 0.25) is 5.91 Å². The van der Waals surface area contributed by atoms with Crippen molar-refractivity contribution in [3.05, 3.63) is 53.6 Å². The van der Waals surface area contributed by atoms with Gasteiger partial charge in [-0.1, -0.05) is 32.0 Å². The molecule has 156 valence electrons. The van der Waals surface area contributed by atoms with Crippen LogP contribution in [0.15, 0.2) is 47.5 Å². The van der Waals surface area contributed by atoms with Gasteiger partial charge in [-0.15, -0.1) is 0 Å². The van der Waals surface area contributed by atoms with Crippen LogP contribution in [-0.2, 0) is 17.8 Å². The number of nitrogens with one attached hydrogen (secondary N) is 2. The average molecular weight is 399 g/mol. The van der Waals surface area contributed by atoms with Gasteiger partial charge in [0.15, 0.2) is 17.5 Å². The first-order valence-corrected chi connectivity index (χ1v) is 9.57. The van der Waals surface area contributed by atoms with E-state index in [1.54, 1.807) is 14.2 Å². The molecule has 0 saturated heterocycles. The highest BCUT2D eigenvalue weighted by molar-refractivity contribution is 5.92. The van der Waals surface area contributed by atoms with Gasteiger partial charge in [-0.05, 0) is 41.8 Å². The zero-order valence-corrected chi connectivity index (χ0v) is 17.5. The predicted octanol–water partition coefficient (Wildman–Crippen LogP) is 2.95. The molecule has 0 spiro atoms. The SMILES string of the molecule is COc1ccc(CCNC(N)=NCc2ccc(NC(=O)C(C)C)cc2)cc1OC. The van der Waals surface area contributed by atoms with E-state index in [2.05, 4.69) is 15.6 Å². The summed E-state index contributed by atoms with van der Waals surface area (Å²) in [5.74, 6) is 1.75. The Labute approximate surface area is 172 Å². The lowest BCUT2D eigenvalue weighted by atomic mass is 10.1. The number of rotatable bonds is 9. The summed E-state index contributed by atoms with van der Waals surface area (Å²) in [4.78, 5) is 16.1. The Kier molecular flexibility index (Phi) is 8.33. The molecule has 0 aromatic heterocycles. The number of guanidine groups is 1. The topological polar surface area (TPSA) is 98.0 Å². The van der Waals surface area contributed by atoms with Gasteiger partial charge in [0.05, 0.1) is 20.8 Å². The van der Waals surface area contributed by atoms with Crippen molar-refractivity contribution in [1.29, 1.82) is 0 Å². The number of carbonyl (C=O) groups is 1. The molecule has 7 heteroatoms. The summed E-state index contributed by atoms with van der Waals surface area (Å²) in [5.41, 5.74) is 8.85. The molecular weight excluding hydrogens is 368 g/mol. The van der Waals surface area contributed by atoms with E-state index < -0.39 is 0 Å². The minimum absolute atomic E-state index is 0.00121. The zero-order chi connectivity index (χ0) is 21.2. The lowest BCUT2D eigenvalue weighted by Crippen LogP contribution is -2.33. The molecule has 4 N–H and O–H groups in total. The molecule has 0 aliphatic carbocycles. The molecule has 29 heavy (non-hydrogen) atoms. The predicted molar refractivity (Wildman–Crippen MR) is 116 cm³/mol. The number of anilines is 1. The minimum Gasteiger partial charge on any atom is -0.493 e. The second-order valence-electron chi connectivity index (χ2n) is 6.91. The maximum absolute atomic E-state index is 11.7. The maximum atomic E-state index is 11.7. The average Bonchev–Trinajstić information content (AvgIpc) is 2.73. The van der Waals surface area contributed by atoms with Gasteiger partial charge >= 0.3 is 0 Å². The Balaban J connectivity index is 1.81. The molecule has 0 saturated carbocycles. The highest BCUT2D eigenvalue weighted by atomic mass is 16.5. The van der Waals surface area contributed by atoms with Crippen LogP contribution < -0.4 is 25.8 Å². The van der Waals surface area contributed by atoms with Crippen LogP contribution in [0, 0.1) is 5.92 Å². The van der Waals surface area contributed by atoms with Crippen LogP contribution in [0.2, 0.25) is 0 Å². The monoisotopic (exact) mass is 398 g/mol. The van der Waals surface area contributed by atoms with Crippen molar-refractivity contribution in [3.63, 3.8) is 0 Å². The first-order valence-electron chi connectivity index (χ1n) is 9.57. The summed E-state index contributed by atoms with van der Waals surface area (Å²) in [6.45, 7) is 4.84. The molecule has 0 radical (unpaired) electrons. The third-order valence-electron chi connectivity index (χ3n) is 4.35. The number of benzene rings is 2. The van der Waals surface area contributed by atoms with Gasteiger partial charge in [-0.2, -0.15) is 0 Å². The largest absolute Gasteiger partial charge is 0.493 e. The Morgan fingerprint density at radius 1 is 1.03 bits per heavy atom. The maximum Gasteiger partial charge on any atom is 0.226 e. The van der Waals surface area contributed by atoms with Crippen molar-refractivity contribution in [3.8, 4) is 11.5 Å². The van der Waals surface area contributed by atoms with Crippen molar-refractivity contribution in [1.82, 2.24) is 5.32 Å². The van der Waals surface area contributed by atoms with E-state index in [4.69, 9.17) is 15.2 Å². The lowest BCUT2D eigenvalue weighted by Gasteiger charge is -2.10.